The Hall–Kier alpha value is -3.51. The Balaban J connectivity index is 1.40. The van der Waals surface area contributed by atoms with Crippen molar-refractivity contribution in [2.24, 2.45) is 0 Å². The van der Waals surface area contributed by atoms with Crippen LogP contribution in [0.1, 0.15) is 18.1 Å². The van der Waals surface area contributed by atoms with Crippen LogP contribution in [-0.2, 0) is 35.6 Å². The molecule has 6 rings (SSSR count). The molecule has 0 bridgehead atoms. The highest BCUT2D eigenvalue weighted by Crippen LogP contribution is 2.40. The van der Waals surface area contributed by atoms with Crippen LogP contribution < -0.4 is 4.90 Å². The summed E-state index contributed by atoms with van der Waals surface area (Å²) in [6.07, 6.45) is 3.71. The minimum Gasteiger partial charge on any atom is -0.379 e. The van der Waals surface area contributed by atoms with Gasteiger partial charge in [0.05, 0.1) is 37.0 Å². The van der Waals surface area contributed by atoms with Crippen molar-refractivity contribution in [3.63, 3.8) is 0 Å². The van der Waals surface area contributed by atoms with Crippen molar-refractivity contribution in [1.82, 2.24) is 13.8 Å². The van der Waals surface area contributed by atoms with Gasteiger partial charge in [-0.1, -0.05) is 18.2 Å². The van der Waals surface area contributed by atoms with Crippen LogP contribution in [0.2, 0.25) is 0 Å². The van der Waals surface area contributed by atoms with Gasteiger partial charge in [-0.25, -0.2) is 8.42 Å². The number of sulfonamides is 1. The van der Waals surface area contributed by atoms with E-state index in [4.69, 9.17) is 9.47 Å². The van der Waals surface area contributed by atoms with Crippen LogP contribution in [-0.4, -0.2) is 93.2 Å². The zero-order chi connectivity index (χ0) is 27.9. The monoisotopic (exact) mass is 564 g/mol. The molecular weight excluding hydrogens is 532 g/mol. The number of likely N-dealkylation sites (N-methyl/N-ethyl adjacent to an activating group) is 1. The SMILES string of the molecule is CCN1C(=O)C(=Cc2cn(CC(=O)N3CCOCC3)c3ccccc23)c2cc(S(=O)(=O)N3CCOCC3)ccc21. The number of carbonyl (C=O) groups is 2. The lowest BCUT2D eigenvalue weighted by atomic mass is 10.0. The molecule has 0 aliphatic carbocycles. The molecule has 2 aromatic carbocycles. The second-order valence-electron chi connectivity index (χ2n) is 10.0. The fraction of sp³-hybridized carbons (Fsp3) is 0.379. The maximum absolute atomic E-state index is 13.6. The second kappa shape index (κ2) is 10.8. The van der Waals surface area contributed by atoms with Gasteiger partial charge in [-0.05, 0) is 37.3 Å². The number of benzene rings is 2. The molecule has 3 aliphatic heterocycles. The smallest absolute Gasteiger partial charge is 0.258 e. The number of hydrogen-bond donors (Lipinski definition) is 0. The van der Waals surface area contributed by atoms with Crippen LogP contribution in [0.4, 0.5) is 5.69 Å². The number of ether oxygens (including phenoxy) is 2. The number of anilines is 1. The van der Waals surface area contributed by atoms with Gasteiger partial charge in [0.25, 0.3) is 5.91 Å². The molecule has 0 N–H and O–H groups in total. The van der Waals surface area contributed by atoms with Gasteiger partial charge in [-0.2, -0.15) is 4.31 Å². The van der Waals surface area contributed by atoms with Crippen molar-refractivity contribution in [1.29, 1.82) is 0 Å². The summed E-state index contributed by atoms with van der Waals surface area (Å²) in [6.45, 7) is 6.05. The van der Waals surface area contributed by atoms with E-state index >= 15 is 0 Å². The van der Waals surface area contributed by atoms with E-state index in [1.54, 1.807) is 23.1 Å². The van der Waals surface area contributed by atoms with Crippen LogP contribution in [0.5, 0.6) is 0 Å². The lowest BCUT2D eigenvalue weighted by Crippen LogP contribution is -2.42. The van der Waals surface area contributed by atoms with Crippen molar-refractivity contribution in [3.05, 3.63) is 59.8 Å². The highest BCUT2D eigenvalue weighted by Gasteiger charge is 2.34. The number of morpholine rings is 2. The van der Waals surface area contributed by atoms with Gasteiger partial charge >= 0.3 is 0 Å². The van der Waals surface area contributed by atoms with E-state index in [1.165, 1.54) is 4.31 Å². The largest absolute Gasteiger partial charge is 0.379 e. The standard InChI is InChI=1S/C29H32N4O6S/c1-2-33-27-8-7-22(40(36,37)32-11-15-39-16-12-32)18-24(27)25(29(33)35)17-21-19-31(26-6-4-3-5-23(21)26)20-28(34)30-9-13-38-14-10-30/h3-8,17-19H,2,9-16,20H2,1H3. The number of amides is 2. The van der Waals surface area contributed by atoms with Crippen molar-refractivity contribution in [2.75, 3.05) is 64.1 Å². The van der Waals surface area contributed by atoms with Crippen LogP contribution in [0.3, 0.4) is 0 Å². The fourth-order valence-electron chi connectivity index (χ4n) is 5.62. The lowest BCUT2D eigenvalue weighted by molar-refractivity contribution is -0.135. The van der Waals surface area contributed by atoms with Gasteiger partial charge < -0.3 is 23.8 Å². The molecule has 4 heterocycles. The van der Waals surface area contributed by atoms with Crippen LogP contribution in [0.15, 0.2) is 53.6 Å². The van der Waals surface area contributed by atoms with Gasteiger partial charge in [0.2, 0.25) is 15.9 Å². The van der Waals surface area contributed by atoms with E-state index in [0.29, 0.717) is 76.0 Å². The normalized spacial score (nSPS) is 19.5. The average molecular weight is 565 g/mol. The summed E-state index contributed by atoms with van der Waals surface area (Å²) < 4.78 is 40.8. The summed E-state index contributed by atoms with van der Waals surface area (Å²) in [6, 6.07) is 12.7. The molecule has 2 saturated heterocycles. The Morgan fingerprint density at radius 2 is 1.68 bits per heavy atom. The summed E-state index contributed by atoms with van der Waals surface area (Å²) in [7, 11) is -3.74. The Labute approximate surface area is 233 Å². The van der Waals surface area contributed by atoms with Crippen molar-refractivity contribution in [3.8, 4) is 0 Å². The highest BCUT2D eigenvalue weighted by atomic mass is 32.2. The van der Waals surface area contributed by atoms with Gasteiger partial charge in [-0.3, -0.25) is 9.59 Å². The topological polar surface area (TPSA) is 101 Å². The third-order valence-corrected chi connectivity index (χ3v) is 9.63. The number of para-hydroxylation sites is 1. The number of carbonyl (C=O) groups excluding carboxylic acids is 2. The van der Waals surface area contributed by atoms with E-state index in [9.17, 15) is 18.0 Å². The van der Waals surface area contributed by atoms with E-state index in [2.05, 4.69) is 0 Å². The highest BCUT2D eigenvalue weighted by molar-refractivity contribution is 7.89. The van der Waals surface area contributed by atoms with Gasteiger partial charge in [0.1, 0.15) is 6.54 Å². The van der Waals surface area contributed by atoms with Crippen LogP contribution >= 0.6 is 0 Å². The van der Waals surface area contributed by atoms with E-state index in [0.717, 1.165) is 16.5 Å². The molecule has 0 saturated carbocycles. The third-order valence-electron chi connectivity index (χ3n) is 7.74. The number of nitrogens with zero attached hydrogens (tertiary/aromatic N) is 4. The Bertz CT molecular complexity index is 1600. The number of fused-ring (bicyclic) bond motifs is 2. The first-order chi connectivity index (χ1) is 19.4. The predicted octanol–water partition coefficient (Wildman–Crippen LogP) is 2.43. The predicted molar refractivity (Wildman–Crippen MR) is 151 cm³/mol. The zero-order valence-corrected chi connectivity index (χ0v) is 23.2. The first-order valence-corrected chi connectivity index (χ1v) is 15.0. The molecule has 210 valence electrons. The Morgan fingerprint density at radius 3 is 2.40 bits per heavy atom. The van der Waals surface area contributed by atoms with Crippen LogP contribution in [0, 0.1) is 0 Å². The van der Waals surface area contributed by atoms with Crippen molar-refractivity contribution >= 4 is 50.1 Å². The van der Waals surface area contributed by atoms with Crippen molar-refractivity contribution in [2.45, 2.75) is 18.4 Å². The minimum absolute atomic E-state index is 0.0145. The van der Waals surface area contributed by atoms with Gasteiger partial charge in [-0.15, -0.1) is 0 Å². The lowest BCUT2D eigenvalue weighted by Gasteiger charge is -2.27. The summed E-state index contributed by atoms with van der Waals surface area (Å²) in [5, 5.41) is 0.908. The molecule has 10 nitrogen and oxygen atoms in total. The Kier molecular flexibility index (Phi) is 7.22. The number of rotatable bonds is 6. The summed E-state index contributed by atoms with van der Waals surface area (Å²) in [5.41, 5.74) is 3.38. The quantitative estimate of drug-likeness (QED) is 0.427. The summed E-state index contributed by atoms with van der Waals surface area (Å²) >= 11 is 0. The maximum atomic E-state index is 13.6. The summed E-state index contributed by atoms with van der Waals surface area (Å²) in [5.74, 6) is -0.166. The molecule has 0 radical (unpaired) electrons. The molecule has 0 atom stereocenters. The molecule has 2 amide bonds. The van der Waals surface area contributed by atoms with Gasteiger partial charge in [0.15, 0.2) is 0 Å². The molecule has 0 unspecified atom stereocenters. The average Bonchev–Trinajstić information content (AvgIpc) is 3.47. The minimum atomic E-state index is -3.74. The molecule has 3 aliphatic rings. The number of aromatic nitrogens is 1. The van der Waals surface area contributed by atoms with Crippen LogP contribution in [0.25, 0.3) is 22.6 Å². The first-order valence-electron chi connectivity index (χ1n) is 13.6. The maximum Gasteiger partial charge on any atom is 0.258 e. The molecule has 3 aromatic rings. The molecule has 40 heavy (non-hydrogen) atoms. The summed E-state index contributed by atoms with van der Waals surface area (Å²) in [4.78, 5) is 30.2. The second-order valence-corrected chi connectivity index (χ2v) is 12.0. The van der Waals surface area contributed by atoms with E-state index in [1.807, 2.05) is 52.9 Å². The zero-order valence-electron chi connectivity index (χ0n) is 22.4. The van der Waals surface area contributed by atoms with E-state index < -0.39 is 10.0 Å². The molecule has 2 fully saturated rings. The Morgan fingerprint density at radius 1 is 0.975 bits per heavy atom. The van der Waals surface area contributed by atoms with Gasteiger partial charge in [0, 0.05) is 66.5 Å². The van der Waals surface area contributed by atoms with Crippen molar-refractivity contribution < 1.29 is 27.5 Å². The molecule has 1 aromatic heterocycles. The molecular formula is C29H32N4O6S. The first kappa shape index (κ1) is 26.7. The third kappa shape index (κ3) is 4.72. The van der Waals surface area contributed by atoms with E-state index in [-0.39, 0.29) is 23.3 Å². The fourth-order valence-corrected chi connectivity index (χ4v) is 7.06. The molecule has 0 spiro atoms. The number of hydrogen-bond acceptors (Lipinski definition) is 6. The molecule has 11 heteroatoms.